The Balaban J connectivity index is 2.61. The van der Waals surface area contributed by atoms with Crippen molar-refractivity contribution in [2.24, 2.45) is 0 Å². The van der Waals surface area contributed by atoms with E-state index in [-0.39, 0.29) is 5.91 Å². The Morgan fingerprint density at radius 3 is 2.63 bits per heavy atom. The molecule has 0 unspecified atom stereocenters. The molecule has 4 heteroatoms. The van der Waals surface area contributed by atoms with Crippen LogP contribution in [0.3, 0.4) is 0 Å². The predicted octanol–water partition coefficient (Wildman–Crippen LogP) is 2.19. The predicted molar refractivity (Wildman–Crippen MR) is 80.7 cm³/mol. The number of carbonyl (C=O) groups is 1. The van der Waals surface area contributed by atoms with Crippen LogP contribution in [0.4, 0.5) is 5.69 Å². The minimum Gasteiger partial charge on any atom is -0.382 e. The van der Waals surface area contributed by atoms with Crippen LogP contribution in [-0.4, -0.2) is 43.5 Å². The second-order valence-electron chi connectivity index (χ2n) is 5.00. The Labute approximate surface area is 116 Å². The lowest BCUT2D eigenvalue weighted by Gasteiger charge is -2.16. The van der Waals surface area contributed by atoms with Crippen molar-refractivity contribution in [1.82, 2.24) is 10.2 Å². The van der Waals surface area contributed by atoms with Crippen LogP contribution in [0, 0.1) is 0 Å². The van der Waals surface area contributed by atoms with Crippen LogP contribution in [0.1, 0.15) is 31.1 Å². The zero-order valence-electron chi connectivity index (χ0n) is 12.4. The Kier molecular flexibility index (Phi) is 6.36. The fourth-order valence-corrected chi connectivity index (χ4v) is 1.73. The minimum atomic E-state index is -0.0201. The summed E-state index contributed by atoms with van der Waals surface area (Å²) in [7, 11) is 2.04. The first kappa shape index (κ1) is 15.5. The normalized spacial score (nSPS) is 10.8. The van der Waals surface area contributed by atoms with Crippen LogP contribution in [0.25, 0.3) is 0 Å². The van der Waals surface area contributed by atoms with Crippen LogP contribution in [0.5, 0.6) is 0 Å². The van der Waals surface area contributed by atoms with Gasteiger partial charge >= 0.3 is 0 Å². The van der Waals surface area contributed by atoms with E-state index in [9.17, 15) is 4.79 Å². The summed E-state index contributed by atoms with van der Waals surface area (Å²) in [6.45, 7) is 8.74. The number of amides is 1. The van der Waals surface area contributed by atoms with E-state index in [1.807, 2.05) is 31.3 Å². The first-order valence-corrected chi connectivity index (χ1v) is 6.87. The van der Waals surface area contributed by atoms with E-state index in [4.69, 9.17) is 0 Å². The van der Waals surface area contributed by atoms with Gasteiger partial charge in [0.15, 0.2) is 0 Å². The van der Waals surface area contributed by atoms with Gasteiger partial charge in [-0.25, -0.2) is 0 Å². The second-order valence-corrected chi connectivity index (χ2v) is 5.00. The number of nitrogens with zero attached hydrogens (tertiary/aromatic N) is 1. The maximum absolute atomic E-state index is 12.1. The fourth-order valence-electron chi connectivity index (χ4n) is 1.73. The summed E-state index contributed by atoms with van der Waals surface area (Å²) >= 11 is 0. The van der Waals surface area contributed by atoms with Crippen molar-refractivity contribution in [2.45, 2.75) is 26.8 Å². The van der Waals surface area contributed by atoms with E-state index in [1.54, 1.807) is 0 Å². The molecule has 0 aromatic heterocycles. The minimum absolute atomic E-state index is 0.0201. The van der Waals surface area contributed by atoms with Gasteiger partial charge in [0.1, 0.15) is 0 Å². The number of hydrogen-bond donors (Lipinski definition) is 2. The number of rotatable bonds is 7. The van der Waals surface area contributed by atoms with E-state index >= 15 is 0 Å². The van der Waals surface area contributed by atoms with Gasteiger partial charge in [-0.3, -0.25) is 4.79 Å². The molecule has 0 saturated carbocycles. The molecule has 1 aromatic carbocycles. The Morgan fingerprint density at radius 2 is 2.00 bits per heavy atom. The molecule has 19 heavy (non-hydrogen) atoms. The molecule has 0 fully saturated rings. The van der Waals surface area contributed by atoms with E-state index < -0.39 is 0 Å². The van der Waals surface area contributed by atoms with Gasteiger partial charge in [-0.1, -0.05) is 19.1 Å². The number of hydrogen-bond acceptors (Lipinski definition) is 3. The molecule has 0 aliphatic rings. The Morgan fingerprint density at radius 1 is 1.32 bits per heavy atom. The van der Waals surface area contributed by atoms with Crippen LogP contribution in [0.15, 0.2) is 24.3 Å². The summed E-state index contributed by atoms with van der Waals surface area (Å²) < 4.78 is 0. The van der Waals surface area contributed by atoms with Gasteiger partial charge in [-0.2, -0.15) is 0 Å². The summed E-state index contributed by atoms with van der Waals surface area (Å²) in [5, 5.41) is 6.25. The molecular weight excluding hydrogens is 238 g/mol. The number of nitrogens with one attached hydrogen (secondary N) is 2. The molecule has 4 nitrogen and oxygen atoms in total. The summed E-state index contributed by atoms with van der Waals surface area (Å²) in [6.07, 6.45) is 0. The quantitative estimate of drug-likeness (QED) is 0.792. The SMILES string of the molecule is CCN(C)CCNC(=O)c1ccccc1NC(C)C. The van der Waals surface area contributed by atoms with Crippen LogP contribution >= 0.6 is 0 Å². The highest BCUT2D eigenvalue weighted by molar-refractivity contribution is 5.99. The van der Waals surface area contributed by atoms with Gasteiger partial charge < -0.3 is 15.5 Å². The maximum Gasteiger partial charge on any atom is 0.253 e. The molecule has 0 radical (unpaired) electrons. The second kappa shape index (κ2) is 7.79. The summed E-state index contributed by atoms with van der Waals surface area (Å²) in [6, 6.07) is 7.92. The largest absolute Gasteiger partial charge is 0.382 e. The third-order valence-corrected chi connectivity index (χ3v) is 2.93. The zero-order chi connectivity index (χ0) is 14.3. The van der Waals surface area contributed by atoms with Crippen LogP contribution in [0.2, 0.25) is 0 Å². The lowest BCUT2D eigenvalue weighted by Crippen LogP contribution is -2.33. The first-order valence-electron chi connectivity index (χ1n) is 6.87. The topological polar surface area (TPSA) is 44.4 Å². The Hall–Kier alpha value is -1.55. The van der Waals surface area contributed by atoms with Crippen molar-refractivity contribution in [3.63, 3.8) is 0 Å². The van der Waals surface area contributed by atoms with Gasteiger partial charge in [-0.05, 0) is 39.6 Å². The van der Waals surface area contributed by atoms with Gasteiger partial charge in [-0.15, -0.1) is 0 Å². The summed E-state index contributed by atoms with van der Waals surface area (Å²) in [5.74, 6) is -0.0201. The molecule has 1 aromatic rings. The molecule has 0 bridgehead atoms. The summed E-state index contributed by atoms with van der Waals surface area (Å²) in [4.78, 5) is 14.3. The van der Waals surface area contributed by atoms with Crippen molar-refractivity contribution < 1.29 is 4.79 Å². The van der Waals surface area contributed by atoms with E-state index in [0.29, 0.717) is 18.2 Å². The van der Waals surface area contributed by atoms with Crippen LogP contribution < -0.4 is 10.6 Å². The molecule has 0 spiro atoms. The molecule has 0 atom stereocenters. The molecule has 1 rings (SSSR count). The monoisotopic (exact) mass is 263 g/mol. The van der Waals surface area contributed by atoms with Crippen molar-refractivity contribution in [3.8, 4) is 0 Å². The first-order chi connectivity index (χ1) is 9.04. The molecule has 0 heterocycles. The molecule has 0 aliphatic carbocycles. The number of carbonyl (C=O) groups excluding carboxylic acids is 1. The van der Waals surface area contributed by atoms with E-state index in [1.165, 1.54) is 0 Å². The fraction of sp³-hybridized carbons (Fsp3) is 0.533. The Bertz CT molecular complexity index is 404. The smallest absolute Gasteiger partial charge is 0.253 e. The number of benzene rings is 1. The maximum atomic E-state index is 12.1. The number of likely N-dealkylation sites (N-methyl/N-ethyl adjacent to an activating group) is 1. The van der Waals surface area contributed by atoms with Crippen molar-refractivity contribution in [3.05, 3.63) is 29.8 Å². The molecule has 106 valence electrons. The average molecular weight is 263 g/mol. The van der Waals surface area contributed by atoms with Gasteiger partial charge in [0, 0.05) is 24.8 Å². The number of para-hydroxylation sites is 1. The van der Waals surface area contributed by atoms with Crippen molar-refractivity contribution in [2.75, 3.05) is 32.0 Å². The van der Waals surface area contributed by atoms with E-state index in [2.05, 4.69) is 36.3 Å². The standard InChI is InChI=1S/C15H25N3O/c1-5-18(4)11-10-16-15(19)13-8-6-7-9-14(13)17-12(2)3/h6-9,12,17H,5,10-11H2,1-4H3,(H,16,19). The third-order valence-electron chi connectivity index (χ3n) is 2.93. The number of anilines is 1. The highest BCUT2D eigenvalue weighted by Crippen LogP contribution is 2.15. The third kappa shape index (κ3) is 5.30. The molecule has 1 amide bonds. The summed E-state index contributed by atoms with van der Waals surface area (Å²) in [5.41, 5.74) is 1.59. The van der Waals surface area contributed by atoms with Crippen LogP contribution in [-0.2, 0) is 0 Å². The highest BCUT2D eigenvalue weighted by atomic mass is 16.1. The van der Waals surface area contributed by atoms with Gasteiger partial charge in [0.05, 0.1) is 5.56 Å². The van der Waals surface area contributed by atoms with Gasteiger partial charge in [0.2, 0.25) is 0 Å². The molecule has 0 saturated heterocycles. The molecular formula is C15H25N3O. The van der Waals surface area contributed by atoms with Crippen molar-refractivity contribution in [1.29, 1.82) is 0 Å². The zero-order valence-corrected chi connectivity index (χ0v) is 12.4. The van der Waals surface area contributed by atoms with Crippen molar-refractivity contribution >= 4 is 11.6 Å². The molecule has 2 N–H and O–H groups in total. The lowest BCUT2D eigenvalue weighted by molar-refractivity contribution is 0.0951. The van der Waals surface area contributed by atoms with Gasteiger partial charge in [0.25, 0.3) is 5.91 Å². The lowest BCUT2D eigenvalue weighted by atomic mass is 10.1. The molecule has 0 aliphatic heterocycles. The highest BCUT2D eigenvalue weighted by Gasteiger charge is 2.10. The average Bonchev–Trinajstić information content (AvgIpc) is 2.38. The van der Waals surface area contributed by atoms with E-state index in [0.717, 1.165) is 18.8 Å².